The minimum Gasteiger partial charge on any atom is -0.261 e. The Morgan fingerprint density at radius 2 is 1.82 bits per heavy atom. The monoisotopic (exact) mass is 309 g/mol. The number of alkyl halides is 4. The summed E-state index contributed by atoms with van der Waals surface area (Å²) in [6.45, 7) is 5.88. The first-order valence-electron chi connectivity index (χ1n) is 5.40. The molecular weight excluding hydrogens is 295 g/mol. The predicted octanol–water partition coefficient (Wildman–Crippen LogP) is 4.62. The predicted molar refractivity (Wildman–Crippen MR) is 65.2 cm³/mol. The molecule has 2 atom stereocenters. The molecule has 0 amide bonds. The molecule has 0 aliphatic rings. The van der Waals surface area contributed by atoms with Gasteiger partial charge in [0, 0.05) is 22.6 Å². The summed E-state index contributed by atoms with van der Waals surface area (Å²) in [5, 5.41) is 0. The first-order valence-corrected chi connectivity index (χ1v) is 6.32. The van der Waals surface area contributed by atoms with Crippen LogP contribution in [-0.4, -0.2) is 9.81 Å². The Bertz CT molecular complexity index is 366. The number of halogens is 4. The molecule has 0 saturated heterocycles. The van der Waals surface area contributed by atoms with Gasteiger partial charge in [0.15, 0.2) is 0 Å². The van der Waals surface area contributed by atoms with Crippen molar-refractivity contribution < 1.29 is 13.2 Å². The third-order valence-corrected chi connectivity index (χ3v) is 3.23. The van der Waals surface area contributed by atoms with Gasteiger partial charge in [-0.25, -0.2) is 0 Å². The lowest BCUT2D eigenvalue weighted by Crippen LogP contribution is -2.18. The highest BCUT2D eigenvalue weighted by atomic mass is 79.9. The third-order valence-electron chi connectivity index (χ3n) is 2.66. The van der Waals surface area contributed by atoms with E-state index in [1.807, 2.05) is 20.8 Å². The van der Waals surface area contributed by atoms with Crippen LogP contribution in [0.15, 0.2) is 18.3 Å². The van der Waals surface area contributed by atoms with E-state index in [1.165, 1.54) is 6.20 Å². The number of pyridine rings is 1. The lowest BCUT2D eigenvalue weighted by Gasteiger charge is -2.23. The van der Waals surface area contributed by atoms with Gasteiger partial charge >= 0.3 is 6.18 Å². The van der Waals surface area contributed by atoms with Gasteiger partial charge in [-0.2, -0.15) is 13.2 Å². The summed E-state index contributed by atoms with van der Waals surface area (Å²) in [6.07, 6.45) is -3.09. The van der Waals surface area contributed by atoms with Crippen molar-refractivity contribution in [1.82, 2.24) is 4.98 Å². The standard InChI is InChI=1S/C12H15BrF3N/c1-7(2)11(8(3)13)10-6-9(4-5-17-10)12(14,15)16/h4-8,11H,1-3H3. The minimum atomic E-state index is -4.31. The molecule has 0 radical (unpaired) electrons. The van der Waals surface area contributed by atoms with E-state index in [2.05, 4.69) is 20.9 Å². The fraction of sp³-hybridized carbons (Fsp3) is 0.583. The normalized spacial score (nSPS) is 16.0. The van der Waals surface area contributed by atoms with Crippen LogP contribution in [0.2, 0.25) is 0 Å². The van der Waals surface area contributed by atoms with Gasteiger partial charge in [-0.1, -0.05) is 36.7 Å². The van der Waals surface area contributed by atoms with Crippen LogP contribution in [0.3, 0.4) is 0 Å². The molecule has 5 heteroatoms. The van der Waals surface area contributed by atoms with Crippen molar-refractivity contribution in [3.05, 3.63) is 29.6 Å². The topological polar surface area (TPSA) is 12.9 Å². The molecule has 0 aliphatic heterocycles. The SMILES string of the molecule is CC(C)C(c1cc(C(F)(F)F)ccn1)C(C)Br. The lowest BCUT2D eigenvalue weighted by atomic mass is 9.89. The van der Waals surface area contributed by atoms with E-state index < -0.39 is 11.7 Å². The van der Waals surface area contributed by atoms with E-state index in [1.54, 1.807) is 0 Å². The van der Waals surface area contributed by atoms with Crippen LogP contribution in [0.5, 0.6) is 0 Å². The summed E-state index contributed by atoms with van der Waals surface area (Å²) < 4.78 is 37.8. The van der Waals surface area contributed by atoms with Crippen molar-refractivity contribution in [3.8, 4) is 0 Å². The number of nitrogens with zero attached hydrogens (tertiary/aromatic N) is 1. The second-order valence-corrected chi connectivity index (χ2v) is 5.86. The smallest absolute Gasteiger partial charge is 0.261 e. The Labute approximate surface area is 108 Å². The Balaban J connectivity index is 3.14. The highest BCUT2D eigenvalue weighted by Crippen LogP contribution is 2.34. The van der Waals surface area contributed by atoms with Crippen LogP contribution < -0.4 is 0 Å². The van der Waals surface area contributed by atoms with E-state index >= 15 is 0 Å². The molecule has 0 spiro atoms. The maximum Gasteiger partial charge on any atom is 0.416 e. The van der Waals surface area contributed by atoms with E-state index in [4.69, 9.17) is 0 Å². The van der Waals surface area contributed by atoms with Crippen molar-refractivity contribution in [1.29, 1.82) is 0 Å². The highest BCUT2D eigenvalue weighted by Gasteiger charge is 2.32. The van der Waals surface area contributed by atoms with Gasteiger partial charge in [-0.15, -0.1) is 0 Å². The van der Waals surface area contributed by atoms with Crippen LogP contribution in [0.25, 0.3) is 0 Å². The largest absolute Gasteiger partial charge is 0.416 e. The molecule has 0 bridgehead atoms. The van der Waals surface area contributed by atoms with Crippen LogP contribution >= 0.6 is 15.9 Å². The van der Waals surface area contributed by atoms with Crippen molar-refractivity contribution >= 4 is 15.9 Å². The van der Waals surface area contributed by atoms with Gasteiger partial charge in [0.1, 0.15) is 0 Å². The molecule has 1 aromatic rings. The van der Waals surface area contributed by atoms with Crippen LogP contribution in [-0.2, 0) is 6.18 Å². The van der Waals surface area contributed by atoms with Gasteiger partial charge in [-0.3, -0.25) is 4.98 Å². The summed E-state index contributed by atoms with van der Waals surface area (Å²) in [4.78, 5) is 4.15. The Morgan fingerprint density at radius 3 is 2.24 bits per heavy atom. The van der Waals surface area contributed by atoms with E-state index in [0.717, 1.165) is 12.1 Å². The number of hydrogen-bond donors (Lipinski definition) is 0. The molecule has 0 aliphatic carbocycles. The van der Waals surface area contributed by atoms with Gasteiger partial charge in [0.05, 0.1) is 5.56 Å². The molecule has 0 fully saturated rings. The molecule has 1 nitrogen and oxygen atoms in total. The van der Waals surface area contributed by atoms with Crippen molar-refractivity contribution in [2.75, 3.05) is 0 Å². The zero-order valence-electron chi connectivity index (χ0n) is 9.92. The van der Waals surface area contributed by atoms with Crippen LogP contribution in [0.4, 0.5) is 13.2 Å². The molecule has 1 rings (SSSR count). The zero-order chi connectivity index (χ0) is 13.2. The number of aromatic nitrogens is 1. The summed E-state index contributed by atoms with van der Waals surface area (Å²) in [5.74, 6) is 0.192. The summed E-state index contributed by atoms with van der Waals surface area (Å²) in [6, 6.07) is 2.14. The first-order chi connectivity index (χ1) is 7.73. The van der Waals surface area contributed by atoms with Crippen LogP contribution in [0.1, 0.15) is 37.9 Å². The highest BCUT2D eigenvalue weighted by molar-refractivity contribution is 9.09. The second-order valence-electron chi connectivity index (χ2n) is 4.41. The van der Waals surface area contributed by atoms with Crippen molar-refractivity contribution in [2.45, 2.75) is 37.7 Å². The van der Waals surface area contributed by atoms with Gasteiger partial charge in [-0.05, 0) is 18.1 Å². The summed E-state index contributed by atoms with van der Waals surface area (Å²) in [7, 11) is 0. The molecule has 96 valence electrons. The summed E-state index contributed by atoms with van der Waals surface area (Å²) in [5.41, 5.74) is -0.152. The lowest BCUT2D eigenvalue weighted by molar-refractivity contribution is -0.137. The maximum absolute atomic E-state index is 12.6. The fourth-order valence-electron chi connectivity index (χ4n) is 1.91. The Kier molecular flexibility index (Phi) is 4.58. The Morgan fingerprint density at radius 1 is 1.24 bits per heavy atom. The average molecular weight is 310 g/mol. The molecule has 1 heterocycles. The third kappa shape index (κ3) is 3.69. The zero-order valence-corrected chi connectivity index (χ0v) is 11.5. The second kappa shape index (κ2) is 5.38. The molecular formula is C12H15BrF3N. The first kappa shape index (κ1) is 14.5. The fourth-order valence-corrected chi connectivity index (χ4v) is 2.80. The van der Waals surface area contributed by atoms with E-state index in [-0.39, 0.29) is 16.7 Å². The molecule has 0 aromatic carbocycles. The van der Waals surface area contributed by atoms with Gasteiger partial charge in [0.2, 0.25) is 0 Å². The maximum atomic E-state index is 12.6. The van der Waals surface area contributed by atoms with Crippen molar-refractivity contribution in [3.63, 3.8) is 0 Å². The molecule has 1 aromatic heterocycles. The molecule has 0 saturated carbocycles. The minimum absolute atomic E-state index is 0.0303. The number of rotatable bonds is 3. The number of hydrogen-bond acceptors (Lipinski definition) is 1. The summed E-state index contributed by atoms with van der Waals surface area (Å²) >= 11 is 3.43. The average Bonchev–Trinajstić information content (AvgIpc) is 2.15. The Hall–Kier alpha value is -0.580. The quantitative estimate of drug-likeness (QED) is 0.742. The van der Waals surface area contributed by atoms with E-state index in [0.29, 0.717) is 5.69 Å². The molecule has 0 N–H and O–H groups in total. The molecule has 17 heavy (non-hydrogen) atoms. The molecule has 2 unspecified atom stereocenters. The van der Waals surface area contributed by atoms with E-state index in [9.17, 15) is 13.2 Å². The van der Waals surface area contributed by atoms with Gasteiger partial charge < -0.3 is 0 Å². The van der Waals surface area contributed by atoms with Crippen LogP contribution in [0, 0.1) is 5.92 Å². The van der Waals surface area contributed by atoms with Crippen molar-refractivity contribution in [2.24, 2.45) is 5.92 Å². The van der Waals surface area contributed by atoms with Gasteiger partial charge in [0.25, 0.3) is 0 Å².